The Morgan fingerprint density at radius 1 is 1.64 bits per heavy atom. The number of hydrogen-bond donors (Lipinski definition) is 2. The highest BCUT2D eigenvalue weighted by atomic mass is 16.4. The van der Waals surface area contributed by atoms with Crippen LogP contribution in [0, 0.1) is 6.92 Å². The van der Waals surface area contributed by atoms with Crippen molar-refractivity contribution in [2.75, 3.05) is 0 Å². The average Bonchev–Trinajstić information content (AvgIpc) is 2.70. The molecule has 2 heterocycles. The van der Waals surface area contributed by atoms with Crippen LogP contribution in [0.5, 0.6) is 0 Å². The third-order valence-corrected chi connectivity index (χ3v) is 1.81. The minimum atomic E-state index is -1.00. The Morgan fingerprint density at radius 3 is 3.00 bits per heavy atom. The van der Waals surface area contributed by atoms with E-state index >= 15 is 0 Å². The molecule has 0 aliphatic heterocycles. The van der Waals surface area contributed by atoms with Crippen LogP contribution in [0.1, 0.15) is 16.1 Å². The van der Waals surface area contributed by atoms with Gasteiger partial charge in [-0.05, 0) is 13.0 Å². The van der Waals surface area contributed by atoms with Crippen molar-refractivity contribution < 1.29 is 14.3 Å². The Bertz CT molecular complexity index is 470. The summed E-state index contributed by atoms with van der Waals surface area (Å²) in [6, 6.07) is 1.47. The van der Waals surface area contributed by atoms with Crippen molar-refractivity contribution >= 4 is 5.97 Å². The first-order valence-electron chi connectivity index (χ1n) is 4.01. The number of H-pyrrole nitrogens is 1. The zero-order chi connectivity index (χ0) is 10.1. The molecule has 0 fully saturated rings. The van der Waals surface area contributed by atoms with Gasteiger partial charge < -0.3 is 14.5 Å². The van der Waals surface area contributed by atoms with Crippen molar-refractivity contribution in [3.05, 3.63) is 29.8 Å². The largest absolute Gasteiger partial charge is 0.478 e. The minimum Gasteiger partial charge on any atom is -0.478 e. The lowest BCUT2D eigenvalue weighted by Gasteiger charge is -1.93. The number of aromatic carboxylic acids is 1. The Balaban J connectivity index is 2.51. The number of hydrogen-bond acceptors (Lipinski definition) is 3. The van der Waals surface area contributed by atoms with Crippen LogP contribution in [0.3, 0.4) is 0 Å². The van der Waals surface area contributed by atoms with Crippen LogP contribution >= 0.6 is 0 Å². The molecule has 0 spiro atoms. The van der Waals surface area contributed by atoms with Crippen LogP contribution in [0.4, 0.5) is 0 Å². The number of oxazole rings is 1. The number of carbonyl (C=O) groups is 1. The molecule has 2 aromatic rings. The van der Waals surface area contributed by atoms with Crippen molar-refractivity contribution in [1.82, 2.24) is 9.97 Å². The maximum Gasteiger partial charge on any atom is 0.338 e. The summed E-state index contributed by atoms with van der Waals surface area (Å²) in [7, 11) is 0. The second-order valence-electron chi connectivity index (χ2n) is 2.87. The molecule has 0 aliphatic carbocycles. The Kier molecular flexibility index (Phi) is 1.85. The standard InChI is InChI=1S/C9H8N2O3/c1-5-4-14-8(11-5)7-6(9(12)13)2-3-10-7/h2-4,10H,1H3,(H,12,13). The molecule has 0 saturated carbocycles. The SMILES string of the molecule is Cc1coc(-c2[nH]ccc2C(=O)O)n1. The van der Waals surface area contributed by atoms with Crippen molar-refractivity contribution in [3.8, 4) is 11.6 Å². The minimum absolute atomic E-state index is 0.159. The van der Waals surface area contributed by atoms with Gasteiger partial charge in [0.1, 0.15) is 12.0 Å². The molecular formula is C9H8N2O3. The van der Waals surface area contributed by atoms with Crippen molar-refractivity contribution in [3.63, 3.8) is 0 Å². The molecule has 2 N–H and O–H groups in total. The van der Waals surface area contributed by atoms with Gasteiger partial charge >= 0.3 is 5.97 Å². The van der Waals surface area contributed by atoms with E-state index in [1.165, 1.54) is 12.3 Å². The molecule has 0 bridgehead atoms. The molecule has 0 atom stereocenters. The number of carboxylic acid groups (broad SMARTS) is 1. The molecule has 0 saturated heterocycles. The van der Waals surface area contributed by atoms with Gasteiger partial charge in [-0.3, -0.25) is 0 Å². The van der Waals surface area contributed by atoms with Crippen molar-refractivity contribution in [1.29, 1.82) is 0 Å². The molecule has 2 aromatic heterocycles. The molecule has 2 rings (SSSR count). The van der Waals surface area contributed by atoms with E-state index in [-0.39, 0.29) is 5.56 Å². The number of nitrogens with one attached hydrogen (secondary N) is 1. The van der Waals surface area contributed by atoms with Crippen LogP contribution in [0.15, 0.2) is 22.9 Å². The number of aromatic nitrogens is 2. The van der Waals surface area contributed by atoms with Crippen LogP contribution in [0.25, 0.3) is 11.6 Å². The van der Waals surface area contributed by atoms with E-state index in [4.69, 9.17) is 9.52 Å². The van der Waals surface area contributed by atoms with E-state index in [0.29, 0.717) is 17.3 Å². The third-order valence-electron chi connectivity index (χ3n) is 1.81. The highest BCUT2D eigenvalue weighted by molar-refractivity contribution is 5.93. The predicted octanol–water partition coefficient (Wildman–Crippen LogP) is 1.68. The summed E-state index contributed by atoms with van der Waals surface area (Å²) >= 11 is 0. The lowest BCUT2D eigenvalue weighted by Crippen LogP contribution is -1.96. The normalized spacial score (nSPS) is 10.4. The van der Waals surface area contributed by atoms with Gasteiger partial charge in [0, 0.05) is 6.20 Å². The van der Waals surface area contributed by atoms with E-state index < -0.39 is 5.97 Å². The highest BCUT2D eigenvalue weighted by Crippen LogP contribution is 2.20. The first kappa shape index (κ1) is 8.55. The van der Waals surface area contributed by atoms with Gasteiger partial charge in [-0.15, -0.1) is 0 Å². The number of carboxylic acids is 1. The van der Waals surface area contributed by atoms with Crippen LogP contribution in [-0.4, -0.2) is 21.0 Å². The smallest absolute Gasteiger partial charge is 0.338 e. The first-order valence-corrected chi connectivity index (χ1v) is 4.01. The van der Waals surface area contributed by atoms with E-state index in [0.717, 1.165) is 0 Å². The van der Waals surface area contributed by atoms with Crippen molar-refractivity contribution in [2.45, 2.75) is 6.92 Å². The second-order valence-corrected chi connectivity index (χ2v) is 2.87. The van der Waals surface area contributed by atoms with Gasteiger partial charge in [0.15, 0.2) is 0 Å². The van der Waals surface area contributed by atoms with Gasteiger partial charge in [-0.1, -0.05) is 0 Å². The lowest BCUT2D eigenvalue weighted by molar-refractivity contribution is 0.0697. The monoisotopic (exact) mass is 192 g/mol. The maximum atomic E-state index is 10.8. The van der Waals surface area contributed by atoms with E-state index in [1.807, 2.05) is 0 Å². The first-order chi connectivity index (χ1) is 6.68. The topological polar surface area (TPSA) is 79.1 Å². The summed E-state index contributed by atoms with van der Waals surface area (Å²) < 4.78 is 5.09. The molecule has 0 amide bonds. The van der Waals surface area contributed by atoms with Crippen molar-refractivity contribution in [2.24, 2.45) is 0 Å². The van der Waals surface area contributed by atoms with Gasteiger partial charge in [0.05, 0.1) is 11.3 Å². The van der Waals surface area contributed by atoms with Gasteiger partial charge in [0.25, 0.3) is 0 Å². The molecule has 5 nitrogen and oxygen atoms in total. The molecule has 5 heteroatoms. The van der Waals surface area contributed by atoms with Gasteiger partial charge in [0.2, 0.25) is 5.89 Å². The molecule has 0 aliphatic rings. The van der Waals surface area contributed by atoms with Gasteiger partial charge in [-0.25, -0.2) is 9.78 Å². The number of aryl methyl sites for hydroxylation is 1. The third kappa shape index (κ3) is 1.28. The maximum absolute atomic E-state index is 10.8. The fourth-order valence-corrected chi connectivity index (χ4v) is 1.19. The lowest BCUT2D eigenvalue weighted by atomic mass is 10.2. The van der Waals surface area contributed by atoms with E-state index in [1.54, 1.807) is 13.1 Å². The Labute approximate surface area is 79.4 Å². The Morgan fingerprint density at radius 2 is 2.43 bits per heavy atom. The summed E-state index contributed by atoms with van der Waals surface area (Å²) in [6.45, 7) is 1.77. The summed E-state index contributed by atoms with van der Waals surface area (Å²) in [5, 5.41) is 8.83. The van der Waals surface area contributed by atoms with Crippen LogP contribution < -0.4 is 0 Å². The fraction of sp³-hybridized carbons (Fsp3) is 0.111. The predicted molar refractivity (Wildman–Crippen MR) is 48.0 cm³/mol. The molecule has 14 heavy (non-hydrogen) atoms. The number of aromatic amines is 1. The number of nitrogens with zero attached hydrogens (tertiary/aromatic N) is 1. The summed E-state index contributed by atoms with van der Waals surface area (Å²) in [4.78, 5) is 17.6. The zero-order valence-corrected chi connectivity index (χ0v) is 7.44. The summed E-state index contributed by atoms with van der Waals surface area (Å²) in [6.07, 6.45) is 3.01. The van der Waals surface area contributed by atoms with E-state index in [9.17, 15) is 4.79 Å². The highest BCUT2D eigenvalue weighted by Gasteiger charge is 2.16. The van der Waals surface area contributed by atoms with Crippen LogP contribution in [-0.2, 0) is 0 Å². The molecular weight excluding hydrogens is 184 g/mol. The summed E-state index contributed by atoms with van der Waals surface area (Å²) in [5.74, 6) is -0.706. The number of rotatable bonds is 2. The van der Waals surface area contributed by atoms with E-state index in [2.05, 4.69) is 9.97 Å². The fourth-order valence-electron chi connectivity index (χ4n) is 1.19. The summed E-state index contributed by atoms with van der Waals surface area (Å²) in [5.41, 5.74) is 1.27. The zero-order valence-electron chi connectivity index (χ0n) is 7.44. The molecule has 0 aromatic carbocycles. The molecule has 0 unspecified atom stereocenters. The van der Waals surface area contributed by atoms with Crippen LogP contribution in [0.2, 0.25) is 0 Å². The van der Waals surface area contributed by atoms with Gasteiger partial charge in [-0.2, -0.15) is 0 Å². The quantitative estimate of drug-likeness (QED) is 0.758. The second kappa shape index (κ2) is 3.02. The average molecular weight is 192 g/mol. The molecule has 72 valence electrons. The Hall–Kier alpha value is -2.04. The molecule has 0 radical (unpaired) electrons.